The third kappa shape index (κ3) is 2.34. The van der Waals surface area contributed by atoms with Gasteiger partial charge in [-0.3, -0.25) is 4.98 Å². The smallest absolute Gasteiger partial charge is 0.0645 e. The van der Waals surface area contributed by atoms with Gasteiger partial charge in [0, 0.05) is 11.4 Å². The summed E-state index contributed by atoms with van der Waals surface area (Å²) < 4.78 is 8.01. The lowest BCUT2D eigenvalue weighted by Crippen LogP contribution is -2.03. The van der Waals surface area contributed by atoms with E-state index < -0.39 is 0 Å². The van der Waals surface area contributed by atoms with Crippen molar-refractivity contribution in [1.29, 1.82) is 0 Å². The fraction of sp³-hybridized carbons (Fsp3) is 0.615. The molecule has 1 rings (SSSR count). The highest BCUT2D eigenvalue weighted by molar-refractivity contribution is 5.32. The lowest BCUT2D eigenvalue weighted by Gasteiger charge is -2.12. The minimum atomic E-state index is 0.647. The van der Waals surface area contributed by atoms with Crippen molar-refractivity contribution in [2.45, 2.75) is 53.4 Å². The van der Waals surface area contributed by atoms with Crippen LogP contribution < -0.4 is 0 Å². The third-order valence-corrected chi connectivity index (χ3v) is 2.54. The molecule has 0 spiro atoms. The van der Waals surface area contributed by atoms with E-state index >= 15 is 0 Å². The van der Waals surface area contributed by atoms with Crippen LogP contribution in [0.5, 0.6) is 0 Å². The van der Waals surface area contributed by atoms with E-state index in [0.717, 1.165) is 31.4 Å². The summed E-state index contributed by atoms with van der Waals surface area (Å²) in [6, 6.07) is 0.647. The molecule has 0 unspecified atom stereocenters. The van der Waals surface area contributed by atoms with Gasteiger partial charge in [0.2, 0.25) is 0 Å². The van der Waals surface area contributed by atoms with Crippen LogP contribution in [-0.2, 0) is 19.3 Å². The van der Waals surface area contributed by atoms with E-state index in [9.17, 15) is 0 Å². The first-order valence-corrected chi connectivity index (χ1v) is 5.63. The molecule has 0 aliphatic carbocycles. The fourth-order valence-electron chi connectivity index (χ4n) is 1.93. The van der Waals surface area contributed by atoms with Gasteiger partial charge < -0.3 is 0 Å². The zero-order chi connectivity index (χ0) is 11.4. The molecule has 0 amide bonds. The SMILES string of the molecule is [2H]c1c(C)nc(CCC)c(CC)c1CC. The van der Waals surface area contributed by atoms with Gasteiger partial charge in [-0.05, 0) is 43.4 Å². The van der Waals surface area contributed by atoms with Gasteiger partial charge in [-0.25, -0.2) is 0 Å². The van der Waals surface area contributed by atoms with Gasteiger partial charge in [-0.2, -0.15) is 0 Å². The predicted molar refractivity (Wildman–Crippen MR) is 61.7 cm³/mol. The number of nitrogens with zero attached hydrogens (tertiary/aromatic N) is 1. The van der Waals surface area contributed by atoms with Crippen LogP contribution in [0.25, 0.3) is 0 Å². The molecule has 1 heteroatoms. The maximum Gasteiger partial charge on any atom is 0.0645 e. The van der Waals surface area contributed by atoms with Crippen molar-refractivity contribution in [3.8, 4) is 0 Å². The van der Waals surface area contributed by atoms with E-state index in [4.69, 9.17) is 1.37 Å². The number of aryl methyl sites for hydroxylation is 2. The highest BCUT2D eigenvalue weighted by Crippen LogP contribution is 2.17. The Morgan fingerprint density at radius 2 is 2.00 bits per heavy atom. The molecule has 0 aliphatic heterocycles. The van der Waals surface area contributed by atoms with Gasteiger partial charge in [-0.1, -0.05) is 27.2 Å². The van der Waals surface area contributed by atoms with Gasteiger partial charge in [0.05, 0.1) is 1.37 Å². The highest BCUT2D eigenvalue weighted by atomic mass is 14.7. The summed E-state index contributed by atoms with van der Waals surface area (Å²) in [5.41, 5.74) is 4.61. The van der Waals surface area contributed by atoms with Gasteiger partial charge in [0.1, 0.15) is 0 Å². The Kier molecular flexibility index (Phi) is 3.56. The van der Waals surface area contributed by atoms with Crippen LogP contribution in [0.1, 0.15) is 51.1 Å². The Bertz CT molecular complexity index is 345. The maximum atomic E-state index is 8.01. The summed E-state index contributed by atoms with van der Waals surface area (Å²) in [4.78, 5) is 4.55. The van der Waals surface area contributed by atoms with E-state index in [-0.39, 0.29) is 0 Å². The lowest BCUT2D eigenvalue weighted by atomic mass is 9.98. The van der Waals surface area contributed by atoms with E-state index in [1.165, 1.54) is 16.8 Å². The third-order valence-electron chi connectivity index (χ3n) is 2.54. The number of aromatic nitrogens is 1. The minimum Gasteiger partial charge on any atom is -0.258 e. The van der Waals surface area contributed by atoms with E-state index in [1.807, 2.05) is 6.92 Å². The van der Waals surface area contributed by atoms with Crippen LogP contribution in [0.3, 0.4) is 0 Å². The fourth-order valence-corrected chi connectivity index (χ4v) is 1.93. The second-order valence-electron chi connectivity index (χ2n) is 3.68. The average Bonchev–Trinajstić information content (AvgIpc) is 2.23. The monoisotopic (exact) mass is 192 g/mol. The lowest BCUT2D eigenvalue weighted by molar-refractivity contribution is 0.835. The van der Waals surface area contributed by atoms with Crippen molar-refractivity contribution < 1.29 is 1.37 Å². The van der Waals surface area contributed by atoms with Crippen molar-refractivity contribution in [3.05, 3.63) is 28.6 Å². The number of hydrogen-bond donors (Lipinski definition) is 0. The van der Waals surface area contributed by atoms with Gasteiger partial charge in [-0.15, -0.1) is 0 Å². The Hall–Kier alpha value is -0.850. The van der Waals surface area contributed by atoms with Crippen molar-refractivity contribution in [2.24, 2.45) is 0 Å². The largest absolute Gasteiger partial charge is 0.258 e. The topological polar surface area (TPSA) is 12.9 Å². The summed E-state index contributed by atoms with van der Waals surface area (Å²) in [6.45, 7) is 8.41. The molecule has 0 radical (unpaired) electrons. The second-order valence-corrected chi connectivity index (χ2v) is 3.68. The second kappa shape index (κ2) is 5.14. The zero-order valence-corrected chi connectivity index (χ0v) is 9.78. The molecule has 1 aromatic heterocycles. The molecule has 0 aromatic carbocycles. The normalized spacial score (nSPS) is 11.6. The molecule has 0 saturated carbocycles. The van der Waals surface area contributed by atoms with Gasteiger partial charge in [0.25, 0.3) is 0 Å². The zero-order valence-electron chi connectivity index (χ0n) is 10.8. The van der Waals surface area contributed by atoms with Gasteiger partial charge >= 0.3 is 0 Å². The number of rotatable bonds is 4. The molecule has 1 nitrogen and oxygen atoms in total. The van der Waals surface area contributed by atoms with E-state index in [2.05, 4.69) is 25.8 Å². The summed E-state index contributed by atoms with van der Waals surface area (Å²) >= 11 is 0. The highest BCUT2D eigenvalue weighted by Gasteiger charge is 2.07. The average molecular weight is 192 g/mol. The molecular weight excluding hydrogens is 170 g/mol. The Morgan fingerprint density at radius 3 is 2.50 bits per heavy atom. The Balaban J connectivity index is 3.33. The standard InChI is InChI=1S/C13H21N/c1-5-8-13-12(7-3)11(6-2)9-10(4)14-13/h9H,5-8H2,1-4H3/i9D. The molecule has 78 valence electrons. The number of pyridine rings is 1. The number of hydrogen-bond acceptors (Lipinski definition) is 1. The van der Waals surface area contributed by atoms with Crippen molar-refractivity contribution in [3.63, 3.8) is 0 Å². The molecule has 14 heavy (non-hydrogen) atoms. The van der Waals surface area contributed by atoms with Crippen LogP contribution in [0.2, 0.25) is 0 Å². The Morgan fingerprint density at radius 1 is 1.29 bits per heavy atom. The molecule has 0 bridgehead atoms. The molecule has 0 atom stereocenters. The molecule has 0 saturated heterocycles. The first kappa shape index (κ1) is 9.70. The molecule has 1 heterocycles. The molecule has 1 aromatic rings. The Labute approximate surface area is 89.0 Å². The summed E-state index contributed by atoms with van der Waals surface area (Å²) in [7, 11) is 0. The first-order chi connectivity index (χ1) is 7.15. The van der Waals surface area contributed by atoms with Gasteiger partial charge in [0.15, 0.2) is 0 Å². The van der Waals surface area contributed by atoms with Crippen molar-refractivity contribution in [2.75, 3.05) is 0 Å². The van der Waals surface area contributed by atoms with Crippen LogP contribution in [0.15, 0.2) is 6.04 Å². The quantitative estimate of drug-likeness (QED) is 0.712. The molecule has 0 N–H and O–H groups in total. The van der Waals surface area contributed by atoms with Crippen molar-refractivity contribution >= 4 is 0 Å². The molecule has 0 aliphatic rings. The minimum absolute atomic E-state index is 0.647. The van der Waals surface area contributed by atoms with Crippen LogP contribution in [0.4, 0.5) is 0 Å². The summed E-state index contributed by atoms with van der Waals surface area (Å²) in [5.74, 6) is 0. The van der Waals surface area contributed by atoms with Crippen LogP contribution in [0, 0.1) is 6.92 Å². The van der Waals surface area contributed by atoms with Crippen LogP contribution >= 0.6 is 0 Å². The maximum absolute atomic E-state index is 8.01. The summed E-state index contributed by atoms with van der Waals surface area (Å²) in [6.07, 6.45) is 4.11. The van der Waals surface area contributed by atoms with Crippen LogP contribution in [-0.4, -0.2) is 4.98 Å². The predicted octanol–water partition coefficient (Wildman–Crippen LogP) is 3.47. The molecule has 0 fully saturated rings. The first-order valence-electron chi connectivity index (χ1n) is 6.13. The van der Waals surface area contributed by atoms with E-state index in [1.54, 1.807) is 0 Å². The molecular formula is C13H21N. The van der Waals surface area contributed by atoms with Crippen molar-refractivity contribution in [1.82, 2.24) is 4.98 Å². The summed E-state index contributed by atoms with van der Waals surface area (Å²) in [5, 5.41) is 0. The van der Waals surface area contributed by atoms with E-state index in [0.29, 0.717) is 6.04 Å².